The van der Waals surface area contributed by atoms with Gasteiger partial charge in [0.05, 0.1) is 4.90 Å². The SMILES string of the molecule is NNc1ccc(S(=O)(=O)N2CCC3(CCCC3)CC2)cc1. The van der Waals surface area contributed by atoms with Gasteiger partial charge in [-0.3, -0.25) is 5.84 Å². The van der Waals surface area contributed by atoms with Crippen LogP contribution in [0, 0.1) is 5.41 Å². The van der Waals surface area contributed by atoms with E-state index >= 15 is 0 Å². The summed E-state index contributed by atoms with van der Waals surface area (Å²) < 4.78 is 27.0. The molecule has 1 spiro atoms. The lowest BCUT2D eigenvalue weighted by Crippen LogP contribution is -2.42. The molecular formula is C15H23N3O2S. The molecule has 1 aromatic rings. The molecule has 3 rings (SSSR count). The first-order chi connectivity index (χ1) is 10.1. The molecule has 1 saturated heterocycles. The second kappa shape index (κ2) is 5.59. The average Bonchev–Trinajstić information content (AvgIpc) is 2.96. The van der Waals surface area contributed by atoms with Crippen LogP contribution in [0.15, 0.2) is 29.2 Å². The predicted molar refractivity (Wildman–Crippen MR) is 83.1 cm³/mol. The van der Waals surface area contributed by atoms with Gasteiger partial charge in [-0.15, -0.1) is 0 Å². The topological polar surface area (TPSA) is 75.4 Å². The first kappa shape index (κ1) is 14.8. The van der Waals surface area contributed by atoms with E-state index in [1.54, 1.807) is 28.6 Å². The van der Waals surface area contributed by atoms with E-state index in [2.05, 4.69) is 5.43 Å². The maximum Gasteiger partial charge on any atom is 0.243 e. The molecule has 116 valence electrons. The molecule has 5 nitrogen and oxygen atoms in total. The highest BCUT2D eigenvalue weighted by atomic mass is 32.2. The van der Waals surface area contributed by atoms with Crippen molar-refractivity contribution in [3.8, 4) is 0 Å². The van der Waals surface area contributed by atoms with Crippen LogP contribution in [0.5, 0.6) is 0 Å². The number of anilines is 1. The minimum absolute atomic E-state index is 0.351. The number of rotatable bonds is 3. The van der Waals surface area contributed by atoms with E-state index in [0.29, 0.717) is 29.1 Å². The lowest BCUT2D eigenvalue weighted by molar-refractivity contribution is 0.160. The molecule has 6 heteroatoms. The third-order valence-electron chi connectivity index (χ3n) is 5.11. The Morgan fingerprint density at radius 1 is 1.00 bits per heavy atom. The maximum atomic E-state index is 12.7. The fourth-order valence-electron chi connectivity index (χ4n) is 3.70. The molecule has 0 atom stereocenters. The largest absolute Gasteiger partial charge is 0.324 e. The van der Waals surface area contributed by atoms with Crippen LogP contribution in [-0.4, -0.2) is 25.8 Å². The molecule has 1 aromatic carbocycles. The standard InChI is InChI=1S/C15H23N3O2S/c16-17-13-3-5-14(6-4-13)21(19,20)18-11-9-15(10-12-18)7-1-2-8-15/h3-6,17H,1-2,7-12,16H2. The zero-order valence-electron chi connectivity index (χ0n) is 12.2. The van der Waals surface area contributed by atoms with E-state index in [1.165, 1.54) is 25.7 Å². The predicted octanol–water partition coefficient (Wildman–Crippen LogP) is 2.32. The minimum atomic E-state index is -3.37. The summed E-state index contributed by atoms with van der Waals surface area (Å²) in [7, 11) is -3.37. The number of nitrogens with zero attached hydrogens (tertiary/aromatic N) is 1. The summed E-state index contributed by atoms with van der Waals surface area (Å²) in [4.78, 5) is 0.351. The first-order valence-electron chi connectivity index (χ1n) is 7.63. The summed E-state index contributed by atoms with van der Waals surface area (Å²) in [5.41, 5.74) is 3.65. The fraction of sp³-hybridized carbons (Fsp3) is 0.600. The van der Waals surface area contributed by atoms with Crippen molar-refractivity contribution in [1.82, 2.24) is 4.31 Å². The van der Waals surface area contributed by atoms with E-state index in [9.17, 15) is 8.42 Å². The highest BCUT2D eigenvalue weighted by molar-refractivity contribution is 7.89. The Labute approximate surface area is 126 Å². The van der Waals surface area contributed by atoms with Crippen molar-refractivity contribution in [1.29, 1.82) is 0 Å². The molecule has 3 N–H and O–H groups in total. The molecular weight excluding hydrogens is 286 g/mol. The molecule has 1 saturated carbocycles. The monoisotopic (exact) mass is 309 g/mol. The molecule has 21 heavy (non-hydrogen) atoms. The lowest BCUT2D eigenvalue weighted by atomic mass is 9.78. The highest BCUT2D eigenvalue weighted by Gasteiger charge is 2.39. The van der Waals surface area contributed by atoms with Gasteiger partial charge in [0.25, 0.3) is 0 Å². The van der Waals surface area contributed by atoms with Crippen LogP contribution in [0.4, 0.5) is 5.69 Å². The minimum Gasteiger partial charge on any atom is -0.324 e. The van der Waals surface area contributed by atoms with Crippen molar-refractivity contribution in [3.63, 3.8) is 0 Å². The Balaban J connectivity index is 1.73. The third kappa shape index (κ3) is 2.80. The van der Waals surface area contributed by atoms with Crippen molar-refractivity contribution < 1.29 is 8.42 Å². The Hall–Kier alpha value is -1.11. The molecule has 2 aliphatic rings. The summed E-state index contributed by atoms with van der Waals surface area (Å²) in [6.45, 7) is 1.30. The van der Waals surface area contributed by atoms with Crippen LogP contribution in [0.1, 0.15) is 38.5 Å². The molecule has 1 heterocycles. The van der Waals surface area contributed by atoms with Crippen LogP contribution in [-0.2, 0) is 10.0 Å². The fourth-order valence-corrected chi connectivity index (χ4v) is 5.14. The smallest absolute Gasteiger partial charge is 0.243 e. The normalized spacial score (nSPS) is 22.5. The van der Waals surface area contributed by atoms with Gasteiger partial charge in [0.15, 0.2) is 0 Å². The quantitative estimate of drug-likeness (QED) is 0.663. The summed E-state index contributed by atoms with van der Waals surface area (Å²) in [5.74, 6) is 5.31. The van der Waals surface area contributed by atoms with Crippen LogP contribution in [0.3, 0.4) is 0 Å². The molecule has 0 bridgehead atoms. The number of sulfonamides is 1. The number of hydrogen-bond acceptors (Lipinski definition) is 4. The van der Waals surface area contributed by atoms with Gasteiger partial charge in [0.2, 0.25) is 10.0 Å². The van der Waals surface area contributed by atoms with Gasteiger partial charge in [0.1, 0.15) is 0 Å². The molecule has 0 aromatic heterocycles. The number of piperidine rings is 1. The van der Waals surface area contributed by atoms with Crippen molar-refractivity contribution in [2.45, 2.75) is 43.4 Å². The van der Waals surface area contributed by atoms with Gasteiger partial charge in [-0.2, -0.15) is 4.31 Å². The molecule has 0 amide bonds. The van der Waals surface area contributed by atoms with Crippen molar-refractivity contribution in [2.24, 2.45) is 11.3 Å². The van der Waals surface area contributed by atoms with Crippen LogP contribution in [0.2, 0.25) is 0 Å². The number of hydrogen-bond donors (Lipinski definition) is 2. The lowest BCUT2D eigenvalue weighted by Gasteiger charge is -2.38. The van der Waals surface area contributed by atoms with Crippen molar-refractivity contribution in [2.75, 3.05) is 18.5 Å². The molecule has 2 fully saturated rings. The Morgan fingerprint density at radius 2 is 1.57 bits per heavy atom. The second-order valence-corrected chi connectivity index (χ2v) is 8.22. The Kier molecular flexibility index (Phi) is 3.94. The third-order valence-corrected chi connectivity index (χ3v) is 7.02. The summed E-state index contributed by atoms with van der Waals surface area (Å²) >= 11 is 0. The van der Waals surface area contributed by atoms with Gasteiger partial charge >= 0.3 is 0 Å². The first-order valence-corrected chi connectivity index (χ1v) is 9.07. The van der Waals surface area contributed by atoms with Crippen LogP contribution in [0.25, 0.3) is 0 Å². The molecule has 1 aliphatic heterocycles. The number of benzene rings is 1. The number of hydrazine groups is 1. The summed E-state index contributed by atoms with van der Waals surface area (Å²) in [6, 6.07) is 6.61. The highest BCUT2D eigenvalue weighted by Crippen LogP contribution is 2.46. The molecule has 0 radical (unpaired) electrons. The zero-order valence-corrected chi connectivity index (χ0v) is 13.0. The average molecular weight is 309 g/mol. The summed E-state index contributed by atoms with van der Waals surface area (Å²) in [5, 5.41) is 0. The van der Waals surface area contributed by atoms with Crippen LogP contribution < -0.4 is 11.3 Å². The van der Waals surface area contributed by atoms with E-state index in [1.807, 2.05) is 0 Å². The number of nitrogens with two attached hydrogens (primary N) is 1. The maximum absolute atomic E-state index is 12.7. The van der Waals surface area contributed by atoms with E-state index < -0.39 is 10.0 Å². The molecule has 0 unspecified atom stereocenters. The second-order valence-electron chi connectivity index (χ2n) is 6.28. The van der Waals surface area contributed by atoms with E-state index in [-0.39, 0.29) is 0 Å². The van der Waals surface area contributed by atoms with E-state index in [4.69, 9.17) is 5.84 Å². The summed E-state index contributed by atoms with van der Waals surface area (Å²) in [6.07, 6.45) is 7.18. The van der Waals surface area contributed by atoms with E-state index in [0.717, 1.165) is 12.8 Å². The molecule has 1 aliphatic carbocycles. The van der Waals surface area contributed by atoms with Gasteiger partial charge < -0.3 is 5.43 Å². The van der Waals surface area contributed by atoms with Gasteiger partial charge in [-0.05, 0) is 55.4 Å². The van der Waals surface area contributed by atoms with Gasteiger partial charge in [-0.1, -0.05) is 12.8 Å². The number of nitrogen functional groups attached to an aromatic ring is 1. The Bertz CT molecular complexity index is 582. The van der Waals surface area contributed by atoms with Gasteiger partial charge in [-0.25, -0.2) is 8.42 Å². The Morgan fingerprint density at radius 3 is 2.10 bits per heavy atom. The van der Waals surface area contributed by atoms with Crippen molar-refractivity contribution in [3.05, 3.63) is 24.3 Å². The zero-order chi connectivity index (χ0) is 14.9. The van der Waals surface area contributed by atoms with Crippen LogP contribution >= 0.6 is 0 Å². The van der Waals surface area contributed by atoms with Gasteiger partial charge in [0, 0.05) is 18.8 Å². The van der Waals surface area contributed by atoms with Crippen molar-refractivity contribution >= 4 is 15.7 Å². The number of nitrogens with one attached hydrogen (secondary N) is 1.